The van der Waals surface area contributed by atoms with Gasteiger partial charge in [-0.2, -0.15) is 0 Å². The second kappa shape index (κ2) is 6.12. The van der Waals surface area contributed by atoms with Crippen molar-refractivity contribution >= 4 is 5.78 Å². The van der Waals surface area contributed by atoms with Gasteiger partial charge in [-0.05, 0) is 32.3 Å². The van der Waals surface area contributed by atoms with E-state index in [0.717, 1.165) is 37.2 Å². The number of hydrogen-bond acceptors (Lipinski definition) is 3. The van der Waals surface area contributed by atoms with E-state index in [1.54, 1.807) is 0 Å². The lowest BCUT2D eigenvalue weighted by Gasteiger charge is -2.22. The summed E-state index contributed by atoms with van der Waals surface area (Å²) in [5.41, 5.74) is 2.97. The van der Waals surface area contributed by atoms with Crippen LogP contribution in [0.3, 0.4) is 0 Å². The molecule has 3 heteroatoms. The molecule has 0 spiro atoms. The Balaban J connectivity index is 1.90. The Morgan fingerprint density at radius 1 is 1.33 bits per heavy atom. The van der Waals surface area contributed by atoms with Gasteiger partial charge in [-0.15, -0.1) is 0 Å². The van der Waals surface area contributed by atoms with Crippen molar-refractivity contribution in [2.75, 3.05) is 19.8 Å². The van der Waals surface area contributed by atoms with Crippen molar-refractivity contribution in [2.24, 2.45) is 0 Å². The zero-order valence-corrected chi connectivity index (χ0v) is 11.1. The molecule has 1 saturated heterocycles. The molecule has 1 aromatic rings. The predicted molar refractivity (Wildman–Crippen MR) is 70.0 cm³/mol. The van der Waals surface area contributed by atoms with Gasteiger partial charge in [0.1, 0.15) is 6.61 Å². The lowest BCUT2D eigenvalue weighted by Crippen LogP contribution is -2.26. The third kappa shape index (κ3) is 3.40. The van der Waals surface area contributed by atoms with Gasteiger partial charge >= 0.3 is 0 Å². The van der Waals surface area contributed by atoms with Gasteiger partial charge in [0.2, 0.25) is 0 Å². The lowest BCUT2D eigenvalue weighted by molar-refractivity contribution is -0.0262. The zero-order valence-electron chi connectivity index (χ0n) is 11.1. The maximum Gasteiger partial charge on any atom is 0.188 e. The molecule has 18 heavy (non-hydrogen) atoms. The minimum absolute atomic E-state index is 0.0685. The molecule has 3 nitrogen and oxygen atoms in total. The molecule has 0 radical (unpaired) electrons. The van der Waals surface area contributed by atoms with E-state index in [9.17, 15) is 4.79 Å². The summed E-state index contributed by atoms with van der Waals surface area (Å²) in [6.07, 6.45) is 1.95. The molecule has 0 atom stereocenters. The lowest BCUT2D eigenvalue weighted by atomic mass is 10.0. The molecule has 1 aromatic carbocycles. The van der Waals surface area contributed by atoms with Crippen LogP contribution in [0.5, 0.6) is 0 Å². The Labute approximate surface area is 108 Å². The Hall–Kier alpha value is -1.19. The highest BCUT2D eigenvalue weighted by Gasteiger charge is 2.16. The highest BCUT2D eigenvalue weighted by Crippen LogP contribution is 2.14. The van der Waals surface area contributed by atoms with Crippen molar-refractivity contribution < 1.29 is 14.3 Å². The fourth-order valence-corrected chi connectivity index (χ4v) is 2.24. The van der Waals surface area contributed by atoms with E-state index in [4.69, 9.17) is 9.47 Å². The minimum atomic E-state index is 0.0685. The molecule has 0 N–H and O–H groups in total. The van der Waals surface area contributed by atoms with Crippen molar-refractivity contribution in [2.45, 2.75) is 32.8 Å². The van der Waals surface area contributed by atoms with E-state index >= 15 is 0 Å². The van der Waals surface area contributed by atoms with Crippen LogP contribution in [-0.4, -0.2) is 31.7 Å². The number of Topliss-reactive ketones (excluding diaryl/α,β-unsaturated/α-hetero) is 1. The average Bonchev–Trinajstić information content (AvgIpc) is 2.37. The smallest absolute Gasteiger partial charge is 0.188 e. The fraction of sp³-hybridized carbons (Fsp3) is 0.533. The van der Waals surface area contributed by atoms with Crippen LogP contribution in [0.15, 0.2) is 18.2 Å². The largest absolute Gasteiger partial charge is 0.381 e. The van der Waals surface area contributed by atoms with Crippen LogP contribution < -0.4 is 0 Å². The van der Waals surface area contributed by atoms with Gasteiger partial charge in [-0.3, -0.25) is 4.79 Å². The first-order chi connectivity index (χ1) is 8.66. The maximum absolute atomic E-state index is 12.1. The van der Waals surface area contributed by atoms with Gasteiger partial charge in [-0.1, -0.05) is 23.8 Å². The van der Waals surface area contributed by atoms with Crippen LogP contribution in [0, 0.1) is 13.8 Å². The van der Waals surface area contributed by atoms with Crippen LogP contribution in [0.1, 0.15) is 34.3 Å². The normalized spacial score (nSPS) is 16.8. The molecular weight excluding hydrogens is 228 g/mol. The molecule has 0 amide bonds. The maximum atomic E-state index is 12.1. The van der Waals surface area contributed by atoms with E-state index in [-0.39, 0.29) is 18.5 Å². The van der Waals surface area contributed by atoms with E-state index in [1.165, 1.54) is 5.56 Å². The molecule has 2 rings (SSSR count). The van der Waals surface area contributed by atoms with Crippen LogP contribution in [-0.2, 0) is 9.47 Å². The monoisotopic (exact) mass is 248 g/mol. The number of carbonyl (C=O) groups excluding carboxylic acids is 1. The number of aryl methyl sites for hydroxylation is 2. The van der Waals surface area contributed by atoms with Crippen LogP contribution in [0.2, 0.25) is 0 Å². The summed E-state index contributed by atoms with van der Waals surface area (Å²) in [6, 6.07) is 5.89. The van der Waals surface area contributed by atoms with Gasteiger partial charge in [0.25, 0.3) is 0 Å². The fourth-order valence-electron chi connectivity index (χ4n) is 2.24. The molecule has 1 heterocycles. The molecule has 0 aromatic heterocycles. The number of carbonyl (C=O) groups is 1. The molecule has 1 aliphatic heterocycles. The Bertz CT molecular complexity index is 420. The summed E-state index contributed by atoms with van der Waals surface area (Å²) in [5, 5.41) is 0. The molecule has 0 bridgehead atoms. The van der Waals surface area contributed by atoms with E-state index in [2.05, 4.69) is 0 Å². The second-order valence-electron chi connectivity index (χ2n) is 4.86. The van der Waals surface area contributed by atoms with Gasteiger partial charge < -0.3 is 9.47 Å². The minimum Gasteiger partial charge on any atom is -0.381 e. The molecule has 1 aliphatic rings. The van der Waals surface area contributed by atoms with E-state index < -0.39 is 0 Å². The molecule has 1 fully saturated rings. The molecule has 0 saturated carbocycles. The summed E-state index contributed by atoms with van der Waals surface area (Å²) < 4.78 is 10.9. The topological polar surface area (TPSA) is 35.5 Å². The first-order valence-electron chi connectivity index (χ1n) is 6.46. The van der Waals surface area contributed by atoms with Crippen molar-refractivity contribution in [1.29, 1.82) is 0 Å². The third-order valence-electron chi connectivity index (χ3n) is 3.30. The SMILES string of the molecule is Cc1ccc(C(=O)COC2CCOCC2)c(C)c1. The summed E-state index contributed by atoms with van der Waals surface area (Å²) in [4.78, 5) is 12.1. The second-order valence-corrected chi connectivity index (χ2v) is 4.86. The number of ketones is 1. The quantitative estimate of drug-likeness (QED) is 0.768. The molecule has 98 valence electrons. The van der Waals surface area contributed by atoms with E-state index in [1.807, 2.05) is 32.0 Å². The summed E-state index contributed by atoms with van der Waals surface area (Å²) in [6.45, 7) is 5.65. The van der Waals surface area contributed by atoms with Crippen molar-refractivity contribution in [1.82, 2.24) is 0 Å². The van der Waals surface area contributed by atoms with Gasteiger partial charge in [0.05, 0.1) is 6.10 Å². The zero-order chi connectivity index (χ0) is 13.0. The van der Waals surface area contributed by atoms with Gasteiger partial charge in [0.15, 0.2) is 5.78 Å². The number of rotatable bonds is 4. The van der Waals surface area contributed by atoms with Crippen molar-refractivity contribution in [3.63, 3.8) is 0 Å². The number of ether oxygens (including phenoxy) is 2. The van der Waals surface area contributed by atoms with Crippen molar-refractivity contribution in [3.05, 3.63) is 34.9 Å². The molecule has 0 unspecified atom stereocenters. The highest BCUT2D eigenvalue weighted by atomic mass is 16.5. The summed E-state index contributed by atoms with van der Waals surface area (Å²) in [7, 11) is 0. The number of benzene rings is 1. The van der Waals surface area contributed by atoms with Crippen LogP contribution >= 0.6 is 0 Å². The summed E-state index contributed by atoms with van der Waals surface area (Å²) >= 11 is 0. The van der Waals surface area contributed by atoms with Crippen LogP contribution in [0.25, 0.3) is 0 Å². The summed E-state index contributed by atoms with van der Waals surface area (Å²) in [5.74, 6) is 0.0685. The van der Waals surface area contributed by atoms with Gasteiger partial charge in [-0.25, -0.2) is 0 Å². The van der Waals surface area contributed by atoms with E-state index in [0.29, 0.717) is 0 Å². The molecule has 0 aliphatic carbocycles. The Kier molecular flexibility index (Phi) is 4.50. The van der Waals surface area contributed by atoms with Crippen LogP contribution in [0.4, 0.5) is 0 Å². The average molecular weight is 248 g/mol. The first-order valence-corrected chi connectivity index (χ1v) is 6.46. The molecular formula is C15H20O3. The highest BCUT2D eigenvalue weighted by molar-refractivity contribution is 5.98. The first kappa shape index (κ1) is 13.2. The Morgan fingerprint density at radius 2 is 2.06 bits per heavy atom. The Morgan fingerprint density at radius 3 is 2.72 bits per heavy atom. The predicted octanol–water partition coefficient (Wildman–Crippen LogP) is 2.68. The third-order valence-corrected chi connectivity index (χ3v) is 3.30. The standard InChI is InChI=1S/C15H20O3/c1-11-3-4-14(12(2)9-11)15(16)10-18-13-5-7-17-8-6-13/h3-4,9,13H,5-8,10H2,1-2H3. The van der Waals surface area contributed by atoms with Crippen molar-refractivity contribution in [3.8, 4) is 0 Å². The van der Waals surface area contributed by atoms with Gasteiger partial charge in [0, 0.05) is 18.8 Å². The number of hydrogen-bond donors (Lipinski definition) is 0.